The molecule has 0 atom stereocenters. The van der Waals surface area contributed by atoms with E-state index in [0.29, 0.717) is 5.82 Å². The molecule has 1 aliphatic carbocycles. The van der Waals surface area contributed by atoms with Crippen molar-refractivity contribution in [3.63, 3.8) is 0 Å². The molecular formula is C9H15N3S. The van der Waals surface area contributed by atoms with E-state index in [1.54, 1.807) is 0 Å². The highest BCUT2D eigenvalue weighted by molar-refractivity contribution is 7.10. The summed E-state index contributed by atoms with van der Waals surface area (Å²) in [6.07, 6.45) is 5.56. The van der Waals surface area contributed by atoms with Crippen molar-refractivity contribution in [2.75, 3.05) is 17.6 Å². The average molecular weight is 197 g/mol. The van der Waals surface area contributed by atoms with Gasteiger partial charge in [0.05, 0.1) is 0 Å². The Morgan fingerprint density at radius 3 is 3.00 bits per heavy atom. The van der Waals surface area contributed by atoms with Crippen LogP contribution in [0.15, 0.2) is 6.07 Å². The normalized spacial score (nSPS) is 16.9. The first-order chi connectivity index (χ1) is 6.34. The van der Waals surface area contributed by atoms with E-state index in [4.69, 9.17) is 5.73 Å². The minimum Gasteiger partial charge on any atom is -0.383 e. The lowest BCUT2D eigenvalue weighted by Crippen LogP contribution is -2.15. The van der Waals surface area contributed by atoms with Gasteiger partial charge in [-0.3, -0.25) is 0 Å². The molecule has 1 aromatic rings. The van der Waals surface area contributed by atoms with E-state index in [1.807, 2.05) is 6.07 Å². The zero-order valence-electron chi connectivity index (χ0n) is 7.62. The average Bonchev–Trinajstić information content (AvgIpc) is 2.42. The second-order valence-electron chi connectivity index (χ2n) is 3.63. The van der Waals surface area contributed by atoms with Gasteiger partial charge in [0.2, 0.25) is 0 Å². The highest BCUT2D eigenvalue weighted by atomic mass is 32.1. The summed E-state index contributed by atoms with van der Waals surface area (Å²) in [7, 11) is 0. The summed E-state index contributed by atoms with van der Waals surface area (Å²) in [4.78, 5) is 0. The van der Waals surface area contributed by atoms with E-state index in [1.165, 1.54) is 37.2 Å². The molecule has 13 heavy (non-hydrogen) atoms. The quantitative estimate of drug-likeness (QED) is 0.779. The molecule has 0 aliphatic heterocycles. The van der Waals surface area contributed by atoms with Crippen molar-refractivity contribution in [1.29, 1.82) is 0 Å². The molecule has 2 rings (SSSR count). The lowest BCUT2D eigenvalue weighted by Gasteiger charge is -2.25. The fraction of sp³-hybridized carbons (Fsp3) is 0.667. The van der Waals surface area contributed by atoms with Gasteiger partial charge in [-0.15, -0.1) is 0 Å². The molecule has 72 valence electrons. The molecule has 1 aliphatic rings. The molecule has 1 saturated carbocycles. The Bertz CT molecular complexity index is 268. The fourth-order valence-corrected chi connectivity index (χ4v) is 2.15. The van der Waals surface area contributed by atoms with Crippen molar-refractivity contribution in [2.24, 2.45) is 5.92 Å². The Balaban J connectivity index is 1.67. The molecule has 1 aromatic heterocycles. The maximum absolute atomic E-state index is 5.51. The SMILES string of the molecule is Nc1cc(NCCC2CCC2)sn1. The molecule has 0 bridgehead atoms. The van der Waals surface area contributed by atoms with Crippen LogP contribution in [0.25, 0.3) is 0 Å². The van der Waals surface area contributed by atoms with Crippen LogP contribution in [0.1, 0.15) is 25.7 Å². The molecule has 0 unspecified atom stereocenters. The molecule has 4 heteroatoms. The predicted octanol–water partition coefficient (Wildman–Crippen LogP) is 2.33. The Kier molecular flexibility index (Phi) is 2.68. The number of hydrogen-bond donors (Lipinski definition) is 2. The summed E-state index contributed by atoms with van der Waals surface area (Å²) in [5.41, 5.74) is 5.51. The number of rotatable bonds is 4. The van der Waals surface area contributed by atoms with Gasteiger partial charge < -0.3 is 11.1 Å². The predicted molar refractivity (Wildman–Crippen MR) is 57.0 cm³/mol. The third-order valence-corrected chi connectivity index (χ3v) is 3.37. The van der Waals surface area contributed by atoms with Gasteiger partial charge in [0.25, 0.3) is 0 Å². The van der Waals surface area contributed by atoms with Gasteiger partial charge in [0.15, 0.2) is 0 Å². The second-order valence-corrected chi connectivity index (χ2v) is 4.43. The molecule has 0 saturated heterocycles. The van der Waals surface area contributed by atoms with Crippen LogP contribution in [-0.4, -0.2) is 10.9 Å². The molecule has 1 fully saturated rings. The van der Waals surface area contributed by atoms with Crippen molar-refractivity contribution < 1.29 is 0 Å². The minimum atomic E-state index is 0.621. The van der Waals surface area contributed by atoms with E-state index >= 15 is 0 Å². The summed E-state index contributed by atoms with van der Waals surface area (Å²) in [5, 5.41) is 4.43. The first-order valence-electron chi connectivity index (χ1n) is 4.80. The van der Waals surface area contributed by atoms with Crippen molar-refractivity contribution in [2.45, 2.75) is 25.7 Å². The van der Waals surface area contributed by atoms with Gasteiger partial charge in [-0.2, -0.15) is 4.37 Å². The molecular weight excluding hydrogens is 182 g/mol. The maximum atomic E-state index is 5.51. The van der Waals surface area contributed by atoms with Gasteiger partial charge in [0.1, 0.15) is 10.8 Å². The van der Waals surface area contributed by atoms with Crippen LogP contribution >= 0.6 is 11.5 Å². The summed E-state index contributed by atoms with van der Waals surface area (Å²) >= 11 is 1.44. The Labute approximate surface area is 82.5 Å². The zero-order valence-corrected chi connectivity index (χ0v) is 8.44. The molecule has 1 heterocycles. The van der Waals surface area contributed by atoms with Crippen LogP contribution < -0.4 is 11.1 Å². The number of nitrogens with one attached hydrogen (secondary N) is 1. The van der Waals surface area contributed by atoms with Crippen molar-refractivity contribution >= 4 is 22.4 Å². The van der Waals surface area contributed by atoms with Crippen LogP contribution in [0.3, 0.4) is 0 Å². The zero-order chi connectivity index (χ0) is 9.10. The van der Waals surface area contributed by atoms with Crippen LogP contribution in [0.5, 0.6) is 0 Å². The van der Waals surface area contributed by atoms with Gasteiger partial charge in [-0.1, -0.05) is 19.3 Å². The van der Waals surface area contributed by atoms with Crippen molar-refractivity contribution in [3.05, 3.63) is 6.07 Å². The summed E-state index contributed by atoms with van der Waals surface area (Å²) in [5.74, 6) is 1.59. The van der Waals surface area contributed by atoms with Crippen LogP contribution in [-0.2, 0) is 0 Å². The van der Waals surface area contributed by atoms with Gasteiger partial charge >= 0.3 is 0 Å². The van der Waals surface area contributed by atoms with Gasteiger partial charge in [-0.25, -0.2) is 0 Å². The molecule has 0 spiro atoms. The number of nitrogens with zero attached hydrogens (tertiary/aromatic N) is 1. The van der Waals surface area contributed by atoms with E-state index in [2.05, 4.69) is 9.69 Å². The minimum absolute atomic E-state index is 0.621. The second kappa shape index (κ2) is 3.96. The van der Waals surface area contributed by atoms with Gasteiger partial charge in [0, 0.05) is 12.6 Å². The molecule has 3 nitrogen and oxygen atoms in total. The maximum Gasteiger partial charge on any atom is 0.139 e. The van der Waals surface area contributed by atoms with Crippen molar-refractivity contribution in [3.8, 4) is 0 Å². The first kappa shape index (κ1) is 8.81. The smallest absolute Gasteiger partial charge is 0.139 e. The standard InChI is InChI=1S/C9H15N3S/c10-8-6-9(13-12-8)11-5-4-7-2-1-3-7/h6-7,11H,1-5H2,(H2,10,12). The largest absolute Gasteiger partial charge is 0.383 e. The fourth-order valence-electron chi connectivity index (χ4n) is 1.55. The van der Waals surface area contributed by atoms with Crippen LogP contribution in [0, 0.1) is 5.92 Å². The Morgan fingerprint density at radius 1 is 1.62 bits per heavy atom. The lowest BCUT2D eigenvalue weighted by atomic mass is 9.83. The molecule has 3 N–H and O–H groups in total. The van der Waals surface area contributed by atoms with E-state index in [0.717, 1.165) is 17.5 Å². The number of anilines is 2. The summed E-state index contributed by atoms with van der Waals surface area (Å²) < 4.78 is 4.01. The van der Waals surface area contributed by atoms with E-state index in [-0.39, 0.29) is 0 Å². The first-order valence-corrected chi connectivity index (χ1v) is 5.58. The number of nitrogens with two attached hydrogens (primary N) is 1. The Morgan fingerprint density at radius 2 is 2.46 bits per heavy atom. The van der Waals surface area contributed by atoms with Crippen LogP contribution in [0.2, 0.25) is 0 Å². The van der Waals surface area contributed by atoms with Gasteiger partial charge in [-0.05, 0) is 23.9 Å². The topological polar surface area (TPSA) is 50.9 Å². The highest BCUT2D eigenvalue weighted by Crippen LogP contribution is 2.29. The summed E-state index contributed by atoms with van der Waals surface area (Å²) in [6, 6.07) is 1.89. The van der Waals surface area contributed by atoms with E-state index in [9.17, 15) is 0 Å². The molecule has 0 radical (unpaired) electrons. The molecule has 0 aromatic carbocycles. The Hall–Kier alpha value is -0.770. The molecule has 0 amide bonds. The highest BCUT2D eigenvalue weighted by Gasteiger charge is 2.16. The van der Waals surface area contributed by atoms with Crippen LogP contribution in [0.4, 0.5) is 10.8 Å². The third kappa shape index (κ3) is 2.34. The monoisotopic (exact) mass is 197 g/mol. The third-order valence-electron chi connectivity index (χ3n) is 2.60. The number of aromatic nitrogens is 1. The number of nitrogen functional groups attached to an aromatic ring is 1. The summed E-state index contributed by atoms with van der Waals surface area (Å²) in [6.45, 7) is 1.06. The lowest BCUT2D eigenvalue weighted by molar-refractivity contribution is 0.303. The van der Waals surface area contributed by atoms with Crippen molar-refractivity contribution in [1.82, 2.24) is 4.37 Å². The van der Waals surface area contributed by atoms with E-state index < -0.39 is 0 Å². The number of hydrogen-bond acceptors (Lipinski definition) is 4.